The Kier molecular flexibility index (Phi) is 3.51. The highest BCUT2D eigenvalue weighted by Crippen LogP contribution is 2.31. The molecule has 0 bridgehead atoms. The third kappa shape index (κ3) is 2.56. The maximum absolute atomic E-state index is 13.9. The molecule has 3 aromatic rings. The van der Waals surface area contributed by atoms with Crippen molar-refractivity contribution in [1.82, 2.24) is 4.98 Å². The number of anilines is 3. The van der Waals surface area contributed by atoms with Crippen LogP contribution in [0.4, 0.5) is 21.6 Å². The van der Waals surface area contributed by atoms with Crippen LogP contribution < -0.4 is 11.1 Å². The first kappa shape index (κ1) is 13.8. The number of halogens is 2. The van der Waals surface area contributed by atoms with Gasteiger partial charge < -0.3 is 11.1 Å². The van der Waals surface area contributed by atoms with Gasteiger partial charge in [0, 0.05) is 27.1 Å². The van der Waals surface area contributed by atoms with Crippen LogP contribution in [-0.4, -0.2) is 4.98 Å². The molecule has 0 aliphatic heterocycles. The molecule has 3 rings (SSSR count). The molecule has 0 saturated heterocycles. The first-order valence-electron chi connectivity index (χ1n) is 6.42. The molecule has 106 valence electrons. The van der Waals surface area contributed by atoms with Gasteiger partial charge in [0.1, 0.15) is 11.6 Å². The van der Waals surface area contributed by atoms with Gasteiger partial charge in [0.05, 0.1) is 5.69 Å². The lowest BCUT2D eigenvalue weighted by Gasteiger charge is -2.12. The molecule has 3 nitrogen and oxygen atoms in total. The van der Waals surface area contributed by atoms with Crippen LogP contribution in [0.2, 0.25) is 0 Å². The zero-order chi connectivity index (χ0) is 15.0. The van der Waals surface area contributed by atoms with E-state index in [1.807, 2.05) is 25.1 Å². The van der Waals surface area contributed by atoms with E-state index < -0.39 is 0 Å². The molecule has 0 amide bonds. The molecule has 0 fully saturated rings. The van der Waals surface area contributed by atoms with Gasteiger partial charge in [-0.3, -0.25) is 0 Å². The van der Waals surface area contributed by atoms with E-state index in [1.54, 1.807) is 18.3 Å². The van der Waals surface area contributed by atoms with Crippen LogP contribution in [0.5, 0.6) is 0 Å². The fraction of sp³-hybridized carbons (Fsp3) is 0.0625. The SMILES string of the molecule is Cc1ccc2c(Nc3cc(Br)ccc3F)nccc2c1N. The van der Waals surface area contributed by atoms with Gasteiger partial charge in [0.2, 0.25) is 0 Å². The summed E-state index contributed by atoms with van der Waals surface area (Å²) in [6, 6.07) is 10.5. The Morgan fingerprint density at radius 3 is 2.76 bits per heavy atom. The first-order valence-corrected chi connectivity index (χ1v) is 7.21. The largest absolute Gasteiger partial charge is 0.398 e. The van der Waals surface area contributed by atoms with Crippen molar-refractivity contribution < 1.29 is 4.39 Å². The van der Waals surface area contributed by atoms with E-state index in [0.717, 1.165) is 20.8 Å². The quantitative estimate of drug-likeness (QED) is 0.657. The molecule has 1 heterocycles. The van der Waals surface area contributed by atoms with Crippen LogP contribution in [0.1, 0.15) is 5.56 Å². The van der Waals surface area contributed by atoms with Crippen molar-refractivity contribution >= 4 is 43.9 Å². The summed E-state index contributed by atoms with van der Waals surface area (Å²) in [5, 5.41) is 4.80. The third-order valence-electron chi connectivity index (χ3n) is 3.39. The van der Waals surface area contributed by atoms with Gasteiger partial charge >= 0.3 is 0 Å². The van der Waals surface area contributed by atoms with Crippen molar-refractivity contribution in [2.75, 3.05) is 11.1 Å². The van der Waals surface area contributed by atoms with Crippen LogP contribution in [0.25, 0.3) is 10.8 Å². The summed E-state index contributed by atoms with van der Waals surface area (Å²) in [5.74, 6) is 0.244. The summed E-state index contributed by atoms with van der Waals surface area (Å²) in [5.41, 5.74) is 8.18. The minimum Gasteiger partial charge on any atom is -0.398 e. The zero-order valence-electron chi connectivity index (χ0n) is 11.3. The minimum atomic E-state index is -0.336. The number of nitrogen functional groups attached to an aromatic ring is 1. The number of hydrogen-bond acceptors (Lipinski definition) is 3. The van der Waals surface area contributed by atoms with Gasteiger partial charge in [-0.1, -0.05) is 28.1 Å². The van der Waals surface area contributed by atoms with Crippen molar-refractivity contribution in [2.45, 2.75) is 6.92 Å². The lowest BCUT2D eigenvalue weighted by molar-refractivity contribution is 0.631. The van der Waals surface area contributed by atoms with Crippen molar-refractivity contribution in [1.29, 1.82) is 0 Å². The van der Waals surface area contributed by atoms with Crippen molar-refractivity contribution in [3.8, 4) is 0 Å². The molecule has 0 radical (unpaired) electrons. The van der Waals surface area contributed by atoms with Gasteiger partial charge in [0.15, 0.2) is 0 Å². The molecule has 0 aliphatic rings. The number of rotatable bonds is 2. The van der Waals surface area contributed by atoms with Gasteiger partial charge in [-0.25, -0.2) is 9.37 Å². The summed E-state index contributed by atoms with van der Waals surface area (Å²) in [7, 11) is 0. The van der Waals surface area contributed by atoms with Crippen molar-refractivity contribution in [3.63, 3.8) is 0 Å². The highest BCUT2D eigenvalue weighted by atomic mass is 79.9. The Bertz CT molecular complexity index is 833. The number of aryl methyl sites for hydroxylation is 1. The molecule has 21 heavy (non-hydrogen) atoms. The van der Waals surface area contributed by atoms with E-state index in [1.165, 1.54) is 6.07 Å². The van der Waals surface area contributed by atoms with E-state index in [-0.39, 0.29) is 5.82 Å². The lowest BCUT2D eigenvalue weighted by Crippen LogP contribution is -1.99. The molecule has 0 aliphatic carbocycles. The number of nitrogens with one attached hydrogen (secondary N) is 1. The number of hydrogen-bond donors (Lipinski definition) is 2. The fourth-order valence-electron chi connectivity index (χ4n) is 2.21. The molecule has 2 aromatic carbocycles. The molecular weight excluding hydrogens is 333 g/mol. The van der Waals surface area contributed by atoms with Crippen molar-refractivity contribution in [3.05, 3.63) is 58.4 Å². The first-order chi connectivity index (χ1) is 10.1. The molecule has 0 unspecified atom stereocenters. The predicted molar refractivity (Wildman–Crippen MR) is 88.3 cm³/mol. The number of aromatic nitrogens is 1. The average molecular weight is 346 g/mol. The summed E-state index contributed by atoms with van der Waals surface area (Å²) in [6.45, 7) is 1.95. The summed E-state index contributed by atoms with van der Waals surface area (Å²) in [6.07, 6.45) is 1.66. The van der Waals surface area contributed by atoms with Crippen molar-refractivity contribution in [2.24, 2.45) is 0 Å². The van der Waals surface area contributed by atoms with Crippen LogP contribution in [-0.2, 0) is 0 Å². The van der Waals surface area contributed by atoms with E-state index in [4.69, 9.17) is 5.73 Å². The van der Waals surface area contributed by atoms with E-state index in [9.17, 15) is 4.39 Å². The Hall–Kier alpha value is -2.14. The second-order valence-corrected chi connectivity index (χ2v) is 5.72. The number of fused-ring (bicyclic) bond motifs is 1. The Balaban J connectivity index is 2.13. The molecular formula is C16H13BrFN3. The van der Waals surface area contributed by atoms with E-state index in [0.29, 0.717) is 17.2 Å². The second-order valence-electron chi connectivity index (χ2n) is 4.80. The van der Waals surface area contributed by atoms with Gasteiger partial charge in [0.25, 0.3) is 0 Å². The average Bonchev–Trinajstić information content (AvgIpc) is 2.47. The number of nitrogens with two attached hydrogens (primary N) is 1. The molecule has 1 aromatic heterocycles. The number of pyridine rings is 1. The normalized spacial score (nSPS) is 10.8. The fourth-order valence-corrected chi connectivity index (χ4v) is 2.57. The molecule has 3 N–H and O–H groups in total. The standard InChI is InChI=1S/C16H13BrFN3/c1-9-2-4-12-11(15(9)19)6-7-20-16(12)21-14-8-10(17)3-5-13(14)18/h2-8H,19H2,1H3,(H,20,21). The smallest absolute Gasteiger partial charge is 0.146 e. The Labute approximate surface area is 130 Å². The topological polar surface area (TPSA) is 50.9 Å². The van der Waals surface area contributed by atoms with Crippen LogP contribution in [0.3, 0.4) is 0 Å². The number of nitrogens with zero attached hydrogens (tertiary/aromatic N) is 1. The molecule has 5 heteroatoms. The summed E-state index contributed by atoms with van der Waals surface area (Å²) < 4.78 is 14.7. The second kappa shape index (κ2) is 5.33. The van der Waals surface area contributed by atoms with Gasteiger partial charge in [-0.15, -0.1) is 0 Å². The highest BCUT2D eigenvalue weighted by molar-refractivity contribution is 9.10. The number of benzene rings is 2. The third-order valence-corrected chi connectivity index (χ3v) is 3.88. The predicted octanol–water partition coefficient (Wildman–Crippen LogP) is 4.77. The highest BCUT2D eigenvalue weighted by Gasteiger charge is 2.09. The Morgan fingerprint density at radius 2 is 1.95 bits per heavy atom. The van der Waals surface area contributed by atoms with E-state index in [2.05, 4.69) is 26.2 Å². The maximum Gasteiger partial charge on any atom is 0.146 e. The molecule has 0 saturated carbocycles. The van der Waals surface area contributed by atoms with Gasteiger partial charge in [-0.05, 0) is 36.8 Å². The minimum absolute atomic E-state index is 0.336. The Morgan fingerprint density at radius 1 is 1.14 bits per heavy atom. The van der Waals surface area contributed by atoms with Crippen LogP contribution in [0, 0.1) is 12.7 Å². The summed E-state index contributed by atoms with van der Waals surface area (Å²) >= 11 is 3.33. The van der Waals surface area contributed by atoms with Crippen LogP contribution in [0.15, 0.2) is 47.1 Å². The molecule has 0 spiro atoms. The van der Waals surface area contributed by atoms with Gasteiger partial charge in [-0.2, -0.15) is 0 Å². The monoisotopic (exact) mass is 345 g/mol. The lowest BCUT2D eigenvalue weighted by atomic mass is 10.1. The van der Waals surface area contributed by atoms with Crippen LogP contribution >= 0.6 is 15.9 Å². The molecule has 0 atom stereocenters. The zero-order valence-corrected chi connectivity index (χ0v) is 12.9. The maximum atomic E-state index is 13.9. The van der Waals surface area contributed by atoms with E-state index >= 15 is 0 Å². The summed E-state index contributed by atoms with van der Waals surface area (Å²) in [4.78, 5) is 4.30.